The summed E-state index contributed by atoms with van der Waals surface area (Å²) in [6.07, 6.45) is 12.0. The molecule has 83 valence electrons. The minimum absolute atomic E-state index is 0.153. The lowest BCUT2D eigenvalue weighted by atomic mass is 10.0. The van der Waals surface area contributed by atoms with Gasteiger partial charge in [-0.25, -0.2) is 0 Å². The number of carbonyl (C=O) groups excluding carboxylic acids is 1. The van der Waals surface area contributed by atoms with Gasteiger partial charge in [-0.1, -0.05) is 43.6 Å². The van der Waals surface area contributed by atoms with Crippen molar-refractivity contribution in [3.05, 3.63) is 30.7 Å². The van der Waals surface area contributed by atoms with E-state index in [1.807, 2.05) is 6.08 Å². The van der Waals surface area contributed by atoms with Crippen molar-refractivity contribution in [3.63, 3.8) is 0 Å². The van der Waals surface area contributed by atoms with E-state index < -0.39 is 0 Å². The van der Waals surface area contributed by atoms with Crippen molar-refractivity contribution in [1.82, 2.24) is 5.32 Å². The summed E-state index contributed by atoms with van der Waals surface area (Å²) >= 11 is 0. The normalized spacial score (nSPS) is 14.9. The van der Waals surface area contributed by atoms with Crippen LogP contribution in [-0.4, -0.2) is 12.5 Å². The van der Waals surface area contributed by atoms with E-state index in [4.69, 9.17) is 0 Å². The van der Waals surface area contributed by atoms with Crippen molar-refractivity contribution >= 4 is 5.91 Å². The van der Waals surface area contributed by atoms with E-state index in [-0.39, 0.29) is 5.91 Å². The van der Waals surface area contributed by atoms with Crippen LogP contribution in [0.5, 0.6) is 0 Å². The molecule has 0 saturated heterocycles. The van der Waals surface area contributed by atoms with Crippen molar-refractivity contribution in [1.29, 1.82) is 0 Å². The zero-order valence-electron chi connectivity index (χ0n) is 9.30. The average molecular weight is 206 g/mol. The van der Waals surface area contributed by atoms with Gasteiger partial charge in [-0.2, -0.15) is 0 Å². The molecule has 1 N–H and O–H groups in total. The summed E-state index contributed by atoms with van der Waals surface area (Å²) < 4.78 is 0. The predicted octanol–water partition coefficient (Wildman–Crippen LogP) is 2.77. The van der Waals surface area contributed by atoms with Crippen molar-refractivity contribution in [2.24, 2.45) is 0 Å². The molecule has 1 rings (SSSR count). The van der Waals surface area contributed by atoms with Gasteiger partial charge in [0.2, 0.25) is 5.91 Å². The maximum atomic E-state index is 11.5. The summed E-state index contributed by atoms with van der Waals surface area (Å²) in [6.45, 7) is 4.56. The van der Waals surface area contributed by atoms with Crippen LogP contribution in [0.3, 0.4) is 0 Å². The van der Waals surface area contributed by atoms with Crippen LogP contribution >= 0.6 is 0 Å². The Morgan fingerprint density at radius 2 is 2.33 bits per heavy atom. The minimum atomic E-state index is 0.153. The molecule has 0 aromatic heterocycles. The number of hydrogen-bond donors (Lipinski definition) is 1. The Hall–Kier alpha value is -1.05. The van der Waals surface area contributed by atoms with Crippen molar-refractivity contribution in [3.8, 4) is 0 Å². The molecule has 15 heavy (non-hydrogen) atoms. The maximum absolute atomic E-state index is 11.5. The van der Waals surface area contributed by atoms with Crippen LogP contribution in [-0.2, 0) is 4.79 Å². The molecule has 0 bridgehead atoms. The summed E-state index contributed by atoms with van der Waals surface area (Å²) in [6, 6.07) is 0. The van der Waals surface area contributed by atoms with Gasteiger partial charge < -0.3 is 5.32 Å². The molecule has 0 atom stereocenters. The Morgan fingerprint density at radius 3 is 3.00 bits per heavy atom. The Labute approximate surface area is 92.4 Å². The van der Waals surface area contributed by atoms with Crippen LogP contribution in [0.1, 0.15) is 38.5 Å². The van der Waals surface area contributed by atoms with E-state index >= 15 is 0 Å². The molecule has 1 amide bonds. The SMILES string of the molecule is [CH2]CCCCNC(=O)CC1=CC=CCC1. The molecular formula is C13H20NO. The summed E-state index contributed by atoms with van der Waals surface area (Å²) in [7, 11) is 0. The molecule has 1 aliphatic rings. The van der Waals surface area contributed by atoms with Crippen LogP contribution < -0.4 is 5.32 Å². The molecular weight excluding hydrogens is 186 g/mol. The first-order chi connectivity index (χ1) is 7.33. The van der Waals surface area contributed by atoms with E-state index in [1.165, 1.54) is 5.57 Å². The molecule has 0 aliphatic heterocycles. The fourth-order valence-corrected chi connectivity index (χ4v) is 1.60. The average Bonchev–Trinajstić information content (AvgIpc) is 2.26. The van der Waals surface area contributed by atoms with Crippen molar-refractivity contribution in [2.45, 2.75) is 38.5 Å². The maximum Gasteiger partial charge on any atom is 0.224 e. The largest absolute Gasteiger partial charge is 0.356 e. The highest BCUT2D eigenvalue weighted by Crippen LogP contribution is 2.14. The standard InChI is InChI=1S/C13H20NO/c1-2-3-7-10-14-13(15)11-12-8-5-4-6-9-12/h4-5,8H,1-3,6-7,9-11H2,(H,14,15). The molecule has 0 aromatic carbocycles. The van der Waals surface area contributed by atoms with Gasteiger partial charge in [-0.05, 0) is 19.3 Å². The number of carbonyl (C=O) groups is 1. The highest BCUT2D eigenvalue weighted by atomic mass is 16.1. The first-order valence-electron chi connectivity index (χ1n) is 5.73. The highest BCUT2D eigenvalue weighted by Gasteiger charge is 2.05. The third kappa shape index (κ3) is 5.40. The molecule has 0 heterocycles. The summed E-state index contributed by atoms with van der Waals surface area (Å²) in [4.78, 5) is 11.5. The first-order valence-corrected chi connectivity index (χ1v) is 5.73. The monoisotopic (exact) mass is 206 g/mol. The molecule has 1 radical (unpaired) electrons. The number of rotatable bonds is 6. The van der Waals surface area contributed by atoms with Gasteiger partial charge >= 0.3 is 0 Å². The first kappa shape index (κ1) is 12.0. The van der Waals surface area contributed by atoms with Gasteiger partial charge in [0.25, 0.3) is 0 Å². The fraction of sp³-hybridized carbons (Fsp3) is 0.538. The third-order valence-electron chi connectivity index (χ3n) is 2.49. The van der Waals surface area contributed by atoms with E-state index in [1.54, 1.807) is 0 Å². The number of amides is 1. The molecule has 0 fully saturated rings. The van der Waals surface area contributed by atoms with Crippen LogP contribution in [0, 0.1) is 6.92 Å². The number of nitrogens with one attached hydrogen (secondary N) is 1. The lowest BCUT2D eigenvalue weighted by Crippen LogP contribution is -2.24. The van der Waals surface area contributed by atoms with E-state index in [2.05, 4.69) is 24.4 Å². The van der Waals surface area contributed by atoms with E-state index in [9.17, 15) is 4.79 Å². The number of hydrogen-bond acceptors (Lipinski definition) is 1. The smallest absolute Gasteiger partial charge is 0.224 e. The second-order valence-electron chi connectivity index (χ2n) is 3.88. The lowest BCUT2D eigenvalue weighted by molar-refractivity contribution is -0.120. The van der Waals surface area contributed by atoms with E-state index in [0.29, 0.717) is 6.42 Å². The Morgan fingerprint density at radius 1 is 1.47 bits per heavy atom. The highest BCUT2D eigenvalue weighted by molar-refractivity contribution is 5.78. The molecule has 0 unspecified atom stereocenters. The van der Waals surface area contributed by atoms with Gasteiger partial charge in [0, 0.05) is 13.0 Å². The molecule has 0 aromatic rings. The number of allylic oxidation sites excluding steroid dienone is 3. The molecule has 2 nitrogen and oxygen atoms in total. The molecule has 0 spiro atoms. The van der Waals surface area contributed by atoms with Gasteiger partial charge in [-0.3, -0.25) is 4.79 Å². The van der Waals surface area contributed by atoms with Gasteiger partial charge in [0.05, 0.1) is 0 Å². The summed E-state index contributed by atoms with van der Waals surface area (Å²) in [5.74, 6) is 0.153. The summed E-state index contributed by atoms with van der Waals surface area (Å²) in [5.41, 5.74) is 1.24. The Kier molecular flexibility index (Phi) is 5.83. The van der Waals surface area contributed by atoms with Crippen molar-refractivity contribution in [2.75, 3.05) is 6.54 Å². The Bertz CT molecular complexity index is 253. The minimum Gasteiger partial charge on any atom is -0.356 e. The van der Waals surface area contributed by atoms with Gasteiger partial charge in [0.1, 0.15) is 0 Å². The second kappa shape index (κ2) is 7.27. The Balaban J connectivity index is 2.12. The van der Waals surface area contributed by atoms with Crippen molar-refractivity contribution < 1.29 is 4.79 Å². The number of unbranched alkanes of at least 4 members (excludes halogenated alkanes) is 2. The summed E-state index contributed by atoms with van der Waals surface area (Å²) in [5, 5.41) is 2.93. The van der Waals surface area contributed by atoms with Crippen LogP contribution in [0.15, 0.2) is 23.8 Å². The lowest BCUT2D eigenvalue weighted by Gasteiger charge is -2.09. The van der Waals surface area contributed by atoms with Crippen LogP contribution in [0.2, 0.25) is 0 Å². The fourth-order valence-electron chi connectivity index (χ4n) is 1.60. The molecule has 2 heteroatoms. The quantitative estimate of drug-likeness (QED) is 0.665. The van der Waals surface area contributed by atoms with Gasteiger partial charge in [-0.15, -0.1) is 0 Å². The van der Waals surface area contributed by atoms with E-state index in [0.717, 1.165) is 38.6 Å². The second-order valence-corrected chi connectivity index (χ2v) is 3.88. The van der Waals surface area contributed by atoms with Crippen LogP contribution in [0.25, 0.3) is 0 Å². The van der Waals surface area contributed by atoms with Gasteiger partial charge in [0.15, 0.2) is 0 Å². The topological polar surface area (TPSA) is 29.1 Å². The zero-order chi connectivity index (χ0) is 10.9. The predicted molar refractivity (Wildman–Crippen MR) is 63.3 cm³/mol. The third-order valence-corrected chi connectivity index (χ3v) is 2.49. The van der Waals surface area contributed by atoms with Crippen LogP contribution in [0.4, 0.5) is 0 Å². The zero-order valence-corrected chi connectivity index (χ0v) is 9.30. The molecule has 0 saturated carbocycles. The molecule has 1 aliphatic carbocycles.